The molecular formula is C40H26N2O. The van der Waals surface area contributed by atoms with E-state index in [4.69, 9.17) is 14.7 Å². The molecule has 0 N–H and O–H groups in total. The summed E-state index contributed by atoms with van der Waals surface area (Å²) < 4.78 is 6.50. The predicted octanol–water partition coefficient (Wildman–Crippen LogP) is 9.36. The van der Waals surface area contributed by atoms with Gasteiger partial charge in [0.05, 0.1) is 16.6 Å². The molecule has 0 amide bonds. The van der Waals surface area contributed by atoms with Crippen molar-refractivity contribution in [1.29, 1.82) is 0 Å². The van der Waals surface area contributed by atoms with E-state index in [0.29, 0.717) is 0 Å². The Morgan fingerprint density at radius 3 is 1.88 bits per heavy atom. The average molecular weight is 551 g/mol. The van der Waals surface area contributed by atoms with Crippen LogP contribution in [0.1, 0.15) is 33.5 Å². The molecule has 1 aromatic heterocycles. The molecule has 0 saturated heterocycles. The first kappa shape index (κ1) is 24.1. The van der Waals surface area contributed by atoms with Crippen LogP contribution in [-0.2, 0) is 11.8 Å². The van der Waals surface area contributed by atoms with Gasteiger partial charge in [-0.1, -0.05) is 127 Å². The minimum atomic E-state index is -0.517. The first-order valence-electron chi connectivity index (χ1n) is 14.7. The Morgan fingerprint density at radius 2 is 1.09 bits per heavy atom. The van der Waals surface area contributed by atoms with E-state index < -0.39 is 5.41 Å². The topological polar surface area (TPSA) is 35.0 Å². The molecule has 1 spiro atoms. The van der Waals surface area contributed by atoms with Crippen LogP contribution in [0.3, 0.4) is 0 Å². The van der Waals surface area contributed by atoms with Crippen LogP contribution in [0.15, 0.2) is 146 Å². The molecule has 43 heavy (non-hydrogen) atoms. The number of hydrogen-bond donors (Lipinski definition) is 0. The Hall–Kier alpha value is -5.54. The highest BCUT2D eigenvalue weighted by Gasteiger charge is 2.51. The van der Waals surface area contributed by atoms with Gasteiger partial charge in [-0.05, 0) is 46.0 Å². The SMILES string of the molecule is c1ccc(Cc2nc(-c3cccc4c3-c3ccccc3C43c4ccccc4Oc4ccccc43)nc3ccccc23)cc1. The van der Waals surface area contributed by atoms with Gasteiger partial charge >= 0.3 is 0 Å². The predicted molar refractivity (Wildman–Crippen MR) is 172 cm³/mol. The molecule has 6 aromatic carbocycles. The van der Waals surface area contributed by atoms with Crippen molar-refractivity contribution in [1.82, 2.24) is 9.97 Å². The third kappa shape index (κ3) is 3.42. The number of fused-ring (bicyclic) bond motifs is 10. The Balaban J connectivity index is 1.35. The lowest BCUT2D eigenvalue weighted by Gasteiger charge is -2.39. The van der Waals surface area contributed by atoms with E-state index in [1.807, 2.05) is 0 Å². The fraction of sp³-hybridized carbons (Fsp3) is 0.0500. The van der Waals surface area contributed by atoms with E-state index in [0.717, 1.165) is 57.0 Å². The van der Waals surface area contributed by atoms with Gasteiger partial charge in [-0.3, -0.25) is 0 Å². The number of benzene rings is 6. The van der Waals surface area contributed by atoms with Crippen molar-refractivity contribution in [3.8, 4) is 34.0 Å². The number of hydrogen-bond acceptors (Lipinski definition) is 3. The third-order valence-corrected chi connectivity index (χ3v) is 9.01. The number of rotatable bonds is 3. The Labute approximate surface area is 250 Å². The largest absolute Gasteiger partial charge is 0.457 e. The summed E-state index contributed by atoms with van der Waals surface area (Å²) in [5, 5.41) is 1.09. The van der Waals surface area contributed by atoms with Crippen LogP contribution in [0.4, 0.5) is 0 Å². The molecule has 1 aliphatic carbocycles. The van der Waals surface area contributed by atoms with Gasteiger partial charge in [-0.2, -0.15) is 0 Å². The van der Waals surface area contributed by atoms with Crippen molar-refractivity contribution >= 4 is 10.9 Å². The van der Waals surface area contributed by atoms with Crippen molar-refractivity contribution in [3.05, 3.63) is 179 Å². The van der Waals surface area contributed by atoms with Crippen LogP contribution in [0, 0.1) is 0 Å². The van der Waals surface area contributed by atoms with E-state index >= 15 is 0 Å². The molecule has 3 heteroatoms. The van der Waals surface area contributed by atoms with Gasteiger partial charge < -0.3 is 4.74 Å². The Morgan fingerprint density at radius 1 is 0.488 bits per heavy atom. The lowest BCUT2D eigenvalue weighted by Crippen LogP contribution is -2.32. The standard InChI is InChI=1S/C40H26N2O/c1-2-13-26(14-3-1)25-35-28-16-5-9-22-34(28)41-39(42-35)29-17-12-21-33-38(29)27-15-4-6-18-30(27)40(33)31-19-7-10-23-36(31)43-37-24-11-8-20-32(37)40/h1-24H,25H2. The molecule has 0 saturated carbocycles. The van der Waals surface area contributed by atoms with Gasteiger partial charge in [-0.15, -0.1) is 0 Å². The molecule has 7 aromatic rings. The number of para-hydroxylation sites is 3. The van der Waals surface area contributed by atoms with Crippen LogP contribution < -0.4 is 4.74 Å². The molecule has 9 rings (SSSR count). The average Bonchev–Trinajstić information content (AvgIpc) is 3.36. The molecule has 1 aliphatic heterocycles. The van der Waals surface area contributed by atoms with Crippen LogP contribution in [-0.4, -0.2) is 9.97 Å². The molecule has 0 radical (unpaired) electrons. The monoisotopic (exact) mass is 550 g/mol. The van der Waals surface area contributed by atoms with Gasteiger partial charge in [0.15, 0.2) is 5.82 Å². The molecule has 0 atom stereocenters. The fourth-order valence-electron chi connectivity index (χ4n) is 7.28. The zero-order valence-electron chi connectivity index (χ0n) is 23.4. The Kier molecular flexibility index (Phi) is 5.17. The second kappa shape index (κ2) is 9.23. The highest BCUT2D eigenvalue weighted by Crippen LogP contribution is 2.63. The van der Waals surface area contributed by atoms with Crippen LogP contribution >= 0.6 is 0 Å². The smallest absolute Gasteiger partial charge is 0.160 e. The summed E-state index contributed by atoms with van der Waals surface area (Å²) in [5.74, 6) is 2.53. The third-order valence-electron chi connectivity index (χ3n) is 9.01. The number of aromatic nitrogens is 2. The molecule has 2 aliphatic rings. The van der Waals surface area contributed by atoms with E-state index in [-0.39, 0.29) is 0 Å². The van der Waals surface area contributed by atoms with Crippen molar-refractivity contribution in [2.24, 2.45) is 0 Å². The first-order chi connectivity index (χ1) is 21.3. The van der Waals surface area contributed by atoms with Crippen LogP contribution in [0.2, 0.25) is 0 Å². The summed E-state index contributed by atoms with van der Waals surface area (Å²) in [6.07, 6.45) is 0.741. The summed E-state index contributed by atoms with van der Waals surface area (Å²) >= 11 is 0. The highest BCUT2D eigenvalue weighted by atomic mass is 16.5. The van der Waals surface area contributed by atoms with Crippen molar-refractivity contribution < 1.29 is 4.74 Å². The van der Waals surface area contributed by atoms with Gasteiger partial charge in [-0.25, -0.2) is 9.97 Å². The summed E-state index contributed by atoms with van der Waals surface area (Å²) in [6.45, 7) is 0. The second-order valence-corrected chi connectivity index (χ2v) is 11.3. The van der Waals surface area contributed by atoms with Gasteiger partial charge in [0.2, 0.25) is 0 Å². The van der Waals surface area contributed by atoms with Gasteiger partial charge in [0, 0.05) is 28.5 Å². The van der Waals surface area contributed by atoms with E-state index in [1.165, 1.54) is 27.8 Å². The molecule has 0 bridgehead atoms. The second-order valence-electron chi connectivity index (χ2n) is 11.3. The molecule has 2 heterocycles. The maximum Gasteiger partial charge on any atom is 0.160 e. The van der Waals surface area contributed by atoms with Crippen molar-refractivity contribution in [2.75, 3.05) is 0 Å². The first-order valence-corrected chi connectivity index (χ1v) is 14.7. The maximum atomic E-state index is 6.50. The zero-order chi connectivity index (χ0) is 28.4. The number of ether oxygens (including phenoxy) is 1. The lowest BCUT2D eigenvalue weighted by atomic mass is 9.66. The molecule has 3 nitrogen and oxygen atoms in total. The van der Waals surface area contributed by atoms with Crippen LogP contribution in [0.5, 0.6) is 11.5 Å². The number of nitrogens with zero attached hydrogens (tertiary/aromatic N) is 2. The van der Waals surface area contributed by atoms with Crippen molar-refractivity contribution in [3.63, 3.8) is 0 Å². The van der Waals surface area contributed by atoms with Crippen molar-refractivity contribution in [2.45, 2.75) is 11.8 Å². The summed E-state index contributed by atoms with van der Waals surface area (Å²) in [5.41, 5.74) is 10.9. The maximum absolute atomic E-state index is 6.50. The minimum Gasteiger partial charge on any atom is -0.457 e. The molecule has 0 fully saturated rings. The van der Waals surface area contributed by atoms with E-state index in [1.54, 1.807) is 0 Å². The highest BCUT2D eigenvalue weighted by molar-refractivity contribution is 5.96. The summed E-state index contributed by atoms with van der Waals surface area (Å²) in [7, 11) is 0. The van der Waals surface area contributed by atoms with Gasteiger partial charge in [0.1, 0.15) is 11.5 Å². The zero-order valence-corrected chi connectivity index (χ0v) is 23.4. The van der Waals surface area contributed by atoms with Crippen LogP contribution in [0.25, 0.3) is 33.4 Å². The lowest BCUT2D eigenvalue weighted by molar-refractivity contribution is 0.436. The van der Waals surface area contributed by atoms with E-state index in [2.05, 4.69) is 146 Å². The van der Waals surface area contributed by atoms with Gasteiger partial charge in [0.25, 0.3) is 0 Å². The fourth-order valence-corrected chi connectivity index (χ4v) is 7.28. The van der Waals surface area contributed by atoms with E-state index in [9.17, 15) is 0 Å². The Bertz CT molecular complexity index is 2160. The molecule has 0 unspecified atom stereocenters. The normalized spacial score (nSPS) is 13.6. The summed E-state index contributed by atoms with van der Waals surface area (Å²) in [6, 6.07) is 51.3. The minimum absolute atomic E-state index is 0.517. The molecular weight excluding hydrogens is 524 g/mol. The summed E-state index contributed by atoms with van der Waals surface area (Å²) in [4.78, 5) is 10.5. The molecule has 202 valence electrons. The quantitative estimate of drug-likeness (QED) is 0.220.